The zero-order valence-corrected chi connectivity index (χ0v) is 10.6. The number of para-hydroxylation sites is 1. The predicted octanol–water partition coefficient (Wildman–Crippen LogP) is 0.508. The van der Waals surface area contributed by atoms with Gasteiger partial charge < -0.3 is 15.9 Å². The van der Waals surface area contributed by atoms with Crippen molar-refractivity contribution < 1.29 is 19.8 Å². The van der Waals surface area contributed by atoms with Crippen molar-refractivity contribution in [2.75, 3.05) is 5.01 Å². The first-order chi connectivity index (χ1) is 9.49. The molecule has 1 heterocycles. The number of rotatable bonds is 5. The van der Waals surface area contributed by atoms with E-state index >= 15 is 0 Å². The molecule has 2 rings (SSSR count). The van der Waals surface area contributed by atoms with E-state index in [0.717, 1.165) is 0 Å². The van der Waals surface area contributed by atoms with Crippen LogP contribution < -0.4 is 10.7 Å². The summed E-state index contributed by atoms with van der Waals surface area (Å²) in [6.45, 7) is 0. The number of hydrogen-bond donors (Lipinski definition) is 3. The summed E-state index contributed by atoms with van der Waals surface area (Å²) in [6, 6.07) is 7.60. The van der Waals surface area contributed by atoms with Gasteiger partial charge in [0.25, 0.3) is 0 Å². The molecule has 4 N–H and O–H groups in total. The molecule has 0 unspecified atom stereocenters. The van der Waals surface area contributed by atoms with Gasteiger partial charge >= 0.3 is 11.9 Å². The lowest BCUT2D eigenvalue weighted by Crippen LogP contribution is -2.38. The minimum Gasteiger partial charge on any atom is -0.480 e. The molecular weight excluding hydrogens is 262 g/mol. The number of hydrogen-bond acceptors (Lipinski definition) is 5. The van der Waals surface area contributed by atoms with Gasteiger partial charge in [-0.05, 0) is 18.6 Å². The number of nitrogens with two attached hydrogens (primary N) is 1. The van der Waals surface area contributed by atoms with Crippen LogP contribution in [0.4, 0.5) is 5.69 Å². The van der Waals surface area contributed by atoms with E-state index in [1.54, 1.807) is 24.3 Å². The third kappa shape index (κ3) is 2.94. The van der Waals surface area contributed by atoms with Crippen LogP contribution in [-0.2, 0) is 9.59 Å². The number of benzene rings is 1. The van der Waals surface area contributed by atoms with Crippen LogP contribution in [0.3, 0.4) is 0 Å². The van der Waals surface area contributed by atoms with Gasteiger partial charge in [-0.3, -0.25) is 9.80 Å². The smallest absolute Gasteiger partial charge is 0.352 e. The van der Waals surface area contributed by atoms with E-state index < -0.39 is 18.0 Å². The van der Waals surface area contributed by atoms with Crippen molar-refractivity contribution in [1.29, 1.82) is 0 Å². The van der Waals surface area contributed by atoms with Crippen molar-refractivity contribution in [3.8, 4) is 0 Å². The molecule has 7 heteroatoms. The van der Waals surface area contributed by atoms with Crippen molar-refractivity contribution >= 4 is 23.3 Å². The van der Waals surface area contributed by atoms with Crippen molar-refractivity contribution in [2.45, 2.75) is 24.9 Å². The molecule has 106 valence electrons. The molecule has 0 saturated heterocycles. The zero-order valence-electron chi connectivity index (χ0n) is 10.6. The van der Waals surface area contributed by atoms with Crippen molar-refractivity contribution in [3.05, 3.63) is 30.3 Å². The topological polar surface area (TPSA) is 116 Å². The van der Waals surface area contributed by atoms with Crippen molar-refractivity contribution in [3.63, 3.8) is 0 Å². The molecule has 0 spiro atoms. The summed E-state index contributed by atoms with van der Waals surface area (Å²) < 4.78 is 0. The SMILES string of the molecule is N[C@H](C[C@H]1CC(C(=O)O)=NN1c1ccccc1)C(=O)O. The van der Waals surface area contributed by atoms with Gasteiger partial charge in [-0.15, -0.1) is 0 Å². The molecule has 20 heavy (non-hydrogen) atoms. The van der Waals surface area contributed by atoms with Crippen LogP contribution in [-0.4, -0.2) is 39.9 Å². The van der Waals surface area contributed by atoms with Gasteiger partial charge in [0, 0.05) is 6.42 Å². The molecule has 7 nitrogen and oxygen atoms in total. The number of carboxylic acid groups (broad SMARTS) is 2. The summed E-state index contributed by atoms with van der Waals surface area (Å²) in [5, 5.41) is 23.5. The largest absolute Gasteiger partial charge is 0.480 e. The molecular formula is C13H15N3O4. The average Bonchev–Trinajstić information content (AvgIpc) is 2.83. The molecule has 1 aromatic carbocycles. The van der Waals surface area contributed by atoms with E-state index in [9.17, 15) is 9.59 Å². The third-order valence-corrected chi connectivity index (χ3v) is 3.11. The molecule has 0 aliphatic carbocycles. The van der Waals surface area contributed by atoms with E-state index in [-0.39, 0.29) is 24.6 Å². The number of anilines is 1. The number of carboxylic acids is 2. The van der Waals surface area contributed by atoms with Crippen molar-refractivity contribution in [2.24, 2.45) is 10.8 Å². The summed E-state index contributed by atoms with van der Waals surface area (Å²) in [7, 11) is 0. The Hall–Kier alpha value is -2.41. The fourth-order valence-electron chi connectivity index (χ4n) is 2.12. The molecule has 1 aromatic rings. The maximum atomic E-state index is 11.0. The van der Waals surface area contributed by atoms with Crippen LogP contribution in [0.5, 0.6) is 0 Å². The summed E-state index contributed by atoms with van der Waals surface area (Å²) >= 11 is 0. The lowest BCUT2D eigenvalue weighted by Gasteiger charge is -2.24. The zero-order chi connectivity index (χ0) is 14.7. The second-order valence-corrected chi connectivity index (χ2v) is 4.57. The highest BCUT2D eigenvalue weighted by molar-refractivity contribution is 6.36. The van der Waals surface area contributed by atoms with Crippen molar-refractivity contribution in [1.82, 2.24) is 0 Å². The van der Waals surface area contributed by atoms with E-state index in [1.807, 2.05) is 6.07 Å². The summed E-state index contributed by atoms with van der Waals surface area (Å²) in [6.07, 6.45) is 0.301. The molecule has 0 bridgehead atoms. The normalized spacial score (nSPS) is 19.6. The average molecular weight is 277 g/mol. The maximum absolute atomic E-state index is 11.0. The van der Waals surface area contributed by atoms with Gasteiger partial charge in [0.15, 0.2) is 0 Å². The van der Waals surface area contributed by atoms with Crippen LogP contribution in [0, 0.1) is 0 Å². The monoisotopic (exact) mass is 277 g/mol. The van der Waals surface area contributed by atoms with E-state index in [0.29, 0.717) is 5.69 Å². The van der Waals surface area contributed by atoms with E-state index in [4.69, 9.17) is 15.9 Å². The first-order valence-corrected chi connectivity index (χ1v) is 6.12. The first kappa shape index (κ1) is 14.0. The van der Waals surface area contributed by atoms with Gasteiger partial charge in [0.05, 0.1) is 11.7 Å². The van der Waals surface area contributed by atoms with E-state index in [2.05, 4.69) is 5.10 Å². The number of hydrazone groups is 1. The molecule has 1 aliphatic heterocycles. The van der Waals surface area contributed by atoms with Crippen LogP contribution in [0.15, 0.2) is 35.4 Å². The highest BCUT2D eigenvalue weighted by Crippen LogP contribution is 2.26. The Bertz CT molecular complexity index is 544. The summed E-state index contributed by atoms with van der Waals surface area (Å²) in [5.41, 5.74) is 6.26. The Morgan fingerprint density at radius 3 is 2.55 bits per heavy atom. The third-order valence-electron chi connectivity index (χ3n) is 3.11. The summed E-state index contributed by atoms with van der Waals surface area (Å²) in [4.78, 5) is 21.9. The van der Waals surface area contributed by atoms with Gasteiger partial charge in [-0.2, -0.15) is 5.10 Å². The van der Waals surface area contributed by atoms with Gasteiger partial charge in [-0.25, -0.2) is 4.79 Å². The molecule has 0 fully saturated rings. The molecule has 0 amide bonds. The quantitative estimate of drug-likeness (QED) is 0.722. The molecule has 2 atom stereocenters. The van der Waals surface area contributed by atoms with Gasteiger partial charge in [0.1, 0.15) is 11.8 Å². The number of aliphatic carboxylic acids is 2. The fourth-order valence-corrected chi connectivity index (χ4v) is 2.12. The molecule has 0 radical (unpaired) electrons. The Kier molecular flexibility index (Phi) is 3.99. The Balaban J connectivity index is 2.23. The number of carbonyl (C=O) groups is 2. The van der Waals surface area contributed by atoms with E-state index in [1.165, 1.54) is 5.01 Å². The number of nitrogens with zero attached hydrogens (tertiary/aromatic N) is 2. The Morgan fingerprint density at radius 1 is 1.35 bits per heavy atom. The highest BCUT2D eigenvalue weighted by atomic mass is 16.4. The lowest BCUT2D eigenvalue weighted by atomic mass is 10.0. The lowest BCUT2D eigenvalue weighted by molar-refractivity contribution is -0.138. The fraction of sp³-hybridized carbons (Fsp3) is 0.308. The van der Waals surface area contributed by atoms with Gasteiger partial charge in [0.2, 0.25) is 0 Å². The van der Waals surface area contributed by atoms with Crippen LogP contribution in [0.25, 0.3) is 0 Å². The second-order valence-electron chi connectivity index (χ2n) is 4.57. The molecule has 0 aromatic heterocycles. The maximum Gasteiger partial charge on any atom is 0.352 e. The minimum atomic E-state index is -1.11. The van der Waals surface area contributed by atoms with Crippen LogP contribution >= 0.6 is 0 Å². The first-order valence-electron chi connectivity index (χ1n) is 6.12. The molecule has 0 saturated carbocycles. The predicted molar refractivity (Wildman–Crippen MR) is 72.6 cm³/mol. The molecule has 1 aliphatic rings. The Morgan fingerprint density at radius 2 is 2.00 bits per heavy atom. The van der Waals surface area contributed by atoms with Gasteiger partial charge in [-0.1, -0.05) is 18.2 Å². The highest BCUT2D eigenvalue weighted by Gasteiger charge is 2.33. The Labute approximate surface area is 115 Å². The second kappa shape index (κ2) is 5.70. The summed E-state index contributed by atoms with van der Waals surface area (Å²) in [5.74, 6) is -2.21. The minimum absolute atomic E-state index is 0.0106. The standard InChI is InChI=1S/C13H15N3O4/c14-10(12(17)18)6-9-7-11(13(19)20)15-16(9)8-4-2-1-3-5-8/h1-5,9-10H,6-7,14H2,(H,17,18)(H,19,20)/t9-,10+/m0/s1. The van der Waals surface area contributed by atoms with Crippen LogP contribution in [0.2, 0.25) is 0 Å². The van der Waals surface area contributed by atoms with Crippen LogP contribution in [0.1, 0.15) is 12.8 Å².